The topological polar surface area (TPSA) is 86.8 Å². The van der Waals surface area contributed by atoms with Crippen LogP contribution in [0.5, 0.6) is 0 Å². The van der Waals surface area contributed by atoms with Crippen molar-refractivity contribution in [2.45, 2.75) is 50.7 Å². The van der Waals surface area contributed by atoms with Gasteiger partial charge in [-0.05, 0) is 56.2 Å². The lowest BCUT2D eigenvalue weighted by molar-refractivity contribution is -0.141. The molecule has 0 unspecified atom stereocenters. The molecule has 2 amide bonds. The predicted molar refractivity (Wildman–Crippen MR) is 150 cm³/mol. The Kier molecular flexibility index (Phi) is 10.1. The van der Waals surface area contributed by atoms with E-state index < -0.39 is 28.5 Å². The Morgan fingerprint density at radius 1 is 0.921 bits per heavy atom. The molecule has 0 spiro atoms. The number of carbonyl (C=O) groups is 2. The molecule has 0 heterocycles. The highest BCUT2D eigenvalue weighted by Gasteiger charge is 2.33. The normalized spacial score (nSPS) is 12.4. The smallest absolute Gasteiger partial charge is 0.243 e. The van der Waals surface area contributed by atoms with Crippen LogP contribution in [-0.2, 0) is 32.6 Å². The number of nitrogens with zero attached hydrogens (tertiary/aromatic N) is 2. The van der Waals surface area contributed by atoms with Crippen molar-refractivity contribution in [2.24, 2.45) is 0 Å². The van der Waals surface area contributed by atoms with Crippen LogP contribution in [-0.4, -0.2) is 55.1 Å². The molecule has 0 aliphatic heterocycles. The molecule has 1 N–H and O–H groups in total. The third kappa shape index (κ3) is 7.90. The number of hydrogen-bond acceptors (Lipinski definition) is 4. The summed E-state index contributed by atoms with van der Waals surface area (Å²) < 4.78 is 27.4. The monoisotopic (exact) mass is 555 g/mol. The van der Waals surface area contributed by atoms with Gasteiger partial charge < -0.3 is 10.2 Å². The minimum Gasteiger partial charge on any atom is -0.352 e. The maximum Gasteiger partial charge on any atom is 0.243 e. The number of nitrogens with one attached hydrogen (secondary N) is 1. The van der Waals surface area contributed by atoms with Crippen LogP contribution >= 0.6 is 11.6 Å². The van der Waals surface area contributed by atoms with Crippen molar-refractivity contribution < 1.29 is 18.0 Å². The minimum atomic E-state index is -3.96. The average molecular weight is 556 g/mol. The fraction of sp³-hybridized carbons (Fsp3) is 0.310. The number of aryl methyl sites for hydroxylation is 1. The van der Waals surface area contributed by atoms with Crippen molar-refractivity contribution in [3.63, 3.8) is 0 Å². The molecule has 3 aromatic rings. The van der Waals surface area contributed by atoms with E-state index in [1.165, 1.54) is 36.2 Å². The second-order valence-electron chi connectivity index (χ2n) is 9.59. The Morgan fingerprint density at radius 2 is 1.55 bits per heavy atom. The first kappa shape index (κ1) is 29.4. The van der Waals surface area contributed by atoms with Crippen LogP contribution in [0, 0.1) is 6.92 Å². The number of likely N-dealkylation sites (N-methyl/N-ethyl adjacent to an activating group) is 1. The summed E-state index contributed by atoms with van der Waals surface area (Å²) >= 11 is 5.92. The van der Waals surface area contributed by atoms with Crippen molar-refractivity contribution >= 4 is 33.4 Å². The quantitative estimate of drug-likeness (QED) is 0.379. The molecule has 0 aromatic heterocycles. The van der Waals surface area contributed by atoms with Gasteiger partial charge in [-0.15, -0.1) is 0 Å². The molecule has 0 aliphatic rings. The molecule has 0 bridgehead atoms. The number of amides is 2. The summed E-state index contributed by atoms with van der Waals surface area (Å²) in [6, 6.07) is 21.9. The van der Waals surface area contributed by atoms with Crippen LogP contribution < -0.4 is 5.32 Å². The fourth-order valence-electron chi connectivity index (χ4n) is 4.09. The maximum absolute atomic E-state index is 13.8. The van der Waals surface area contributed by atoms with E-state index in [2.05, 4.69) is 5.32 Å². The van der Waals surface area contributed by atoms with Gasteiger partial charge in [-0.1, -0.05) is 71.8 Å². The summed E-state index contributed by atoms with van der Waals surface area (Å²) in [6.07, 6.45) is 0.282. The molecule has 0 aliphatic carbocycles. The highest BCUT2D eigenvalue weighted by molar-refractivity contribution is 7.89. The van der Waals surface area contributed by atoms with Gasteiger partial charge in [0.2, 0.25) is 21.8 Å². The Morgan fingerprint density at radius 3 is 2.16 bits per heavy atom. The summed E-state index contributed by atoms with van der Waals surface area (Å²) in [7, 11) is -2.61. The lowest BCUT2D eigenvalue weighted by atomic mass is 10.0. The van der Waals surface area contributed by atoms with Crippen molar-refractivity contribution in [1.82, 2.24) is 14.5 Å². The fourth-order valence-corrected chi connectivity index (χ4v) is 5.34. The van der Waals surface area contributed by atoms with Gasteiger partial charge in [0.15, 0.2) is 0 Å². The third-order valence-electron chi connectivity index (χ3n) is 6.02. The van der Waals surface area contributed by atoms with Crippen molar-refractivity contribution in [3.05, 3.63) is 101 Å². The van der Waals surface area contributed by atoms with E-state index in [0.29, 0.717) is 5.02 Å². The molecule has 38 heavy (non-hydrogen) atoms. The Labute approximate surface area is 230 Å². The molecule has 0 saturated heterocycles. The summed E-state index contributed by atoms with van der Waals surface area (Å²) in [5, 5.41) is 3.34. The zero-order valence-corrected chi connectivity index (χ0v) is 23.7. The number of hydrogen-bond donors (Lipinski definition) is 1. The van der Waals surface area contributed by atoms with E-state index >= 15 is 0 Å². The summed E-state index contributed by atoms with van der Waals surface area (Å²) in [6.45, 7) is 5.39. The van der Waals surface area contributed by atoms with Crippen LogP contribution in [0.4, 0.5) is 0 Å². The van der Waals surface area contributed by atoms with Gasteiger partial charge in [0.1, 0.15) is 6.04 Å². The second kappa shape index (κ2) is 13.0. The highest BCUT2D eigenvalue weighted by atomic mass is 35.5. The maximum atomic E-state index is 13.8. The van der Waals surface area contributed by atoms with Crippen molar-refractivity contribution in [1.29, 1.82) is 0 Å². The standard InChI is InChI=1S/C29H34ClN3O4S/c1-21(2)31-29(35)27(18-23-10-6-5-7-11-23)33(19-24-12-8-9-22(3)17-24)28(34)20-32(4)38(36,37)26-15-13-25(30)14-16-26/h5-17,21,27H,18-20H2,1-4H3,(H,31,35)/t27-/m1/s1. The van der Waals surface area contributed by atoms with E-state index in [4.69, 9.17) is 11.6 Å². The lowest BCUT2D eigenvalue weighted by Gasteiger charge is -2.33. The van der Waals surface area contributed by atoms with Crippen LogP contribution in [0.25, 0.3) is 0 Å². The van der Waals surface area contributed by atoms with Gasteiger partial charge in [0.25, 0.3) is 0 Å². The first-order valence-corrected chi connectivity index (χ1v) is 14.2. The Bertz CT molecular complexity index is 1350. The average Bonchev–Trinajstić information content (AvgIpc) is 2.86. The zero-order chi connectivity index (χ0) is 27.9. The molecular formula is C29H34ClN3O4S. The van der Waals surface area contributed by atoms with Crippen LogP contribution in [0.3, 0.4) is 0 Å². The van der Waals surface area contributed by atoms with Crippen LogP contribution in [0.15, 0.2) is 83.8 Å². The van der Waals surface area contributed by atoms with Crippen molar-refractivity contribution in [3.8, 4) is 0 Å². The first-order chi connectivity index (χ1) is 18.0. The first-order valence-electron chi connectivity index (χ1n) is 12.4. The largest absolute Gasteiger partial charge is 0.352 e. The van der Waals surface area contributed by atoms with E-state index in [9.17, 15) is 18.0 Å². The molecule has 3 aromatic carbocycles. The Hall–Kier alpha value is -3.20. The number of benzene rings is 3. The van der Waals surface area contributed by atoms with E-state index in [1.807, 2.05) is 75.4 Å². The molecule has 3 rings (SSSR count). The molecule has 202 valence electrons. The number of rotatable bonds is 11. The number of sulfonamides is 1. The van der Waals surface area contributed by atoms with E-state index in [0.717, 1.165) is 21.0 Å². The molecule has 9 heteroatoms. The Balaban J connectivity index is 1.97. The SMILES string of the molecule is Cc1cccc(CN(C(=O)CN(C)S(=O)(=O)c2ccc(Cl)cc2)[C@H](Cc2ccccc2)C(=O)NC(C)C)c1. The molecule has 0 radical (unpaired) electrons. The van der Waals surface area contributed by atoms with Gasteiger partial charge in [0, 0.05) is 31.1 Å². The highest BCUT2D eigenvalue weighted by Crippen LogP contribution is 2.20. The summed E-state index contributed by atoms with van der Waals surface area (Å²) in [5.74, 6) is -0.778. The van der Waals surface area contributed by atoms with E-state index in [1.54, 1.807) is 0 Å². The molecule has 1 atom stereocenters. The van der Waals surface area contributed by atoms with Gasteiger partial charge in [-0.3, -0.25) is 9.59 Å². The lowest BCUT2D eigenvalue weighted by Crippen LogP contribution is -2.53. The van der Waals surface area contributed by atoms with Gasteiger partial charge >= 0.3 is 0 Å². The van der Waals surface area contributed by atoms with Crippen molar-refractivity contribution in [2.75, 3.05) is 13.6 Å². The second-order valence-corrected chi connectivity index (χ2v) is 12.1. The molecule has 0 saturated carbocycles. The number of carbonyl (C=O) groups excluding carboxylic acids is 2. The van der Waals surface area contributed by atoms with Gasteiger partial charge in [-0.25, -0.2) is 8.42 Å². The van der Waals surface area contributed by atoms with E-state index in [-0.39, 0.29) is 29.8 Å². The third-order valence-corrected chi connectivity index (χ3v) is 8.09. The molecule has 0 fully saturated rings. The molecular weight excluding hydrogens is 522 g/mol. The predicted octanol–water partition coefficient (Wildman–Crippen LogP) is 4.43. The summed E-state index contributed by atoms with van der Waals surface area (Å²) in [5.41, 5.74) is 2.75. The number of halogens is 1. The minimum absolute atomic E-state index is 0.0285. The van der Waals surface area contributed by atoms with Gasteiger partial charge in [0.05, 0.1) is 11.4 Å². The van der Waals surface area contributed by atoms with Crippen LogP contribution in [0.1, 0.15) is 30.5 Å². The summed E-state index contributed by atoms with van der Waals surface area (Å²) in [4.78, 5) is 28.8. The zero-order valence-electron chi connectivity index (χ0n) is 22.1. The van der Waals surface area contributed by atoms with Gasteiger partial charge in [-0.2, -0.15) is 4.31 Å². The van der Waals surface area contributed by atoms with Crippen LogP contribution in [0.2, 0.25) is 5.02 Å². The molecule has 7 nitrogen and oxygen atoms in total.